The SMILES string of the molecule is CCCCOC(=O)C(N)(CCCC)CCCC. The second kappa shape index (κ2) is 9.46. The van der Waals surface area contributed by atoms with Crippen molar-refractivity contribution >= 4 is 5.97 Å². The quantitative estimate of drug-likeness (QED) is 0.472. The van der Waals surface area contributed by atoms with Gasteiger partial charge in [-0.15, -0.1) is 0 Å². The molecule has 0 radical (unpaired) electrons. The van der Waals surface area contributed by atoms with Gasteiger partial charge in [0.1, 0.15) is 5.54 Å². The Morgan fingerprint density at radius 2 is 1.47 bits per heavy atom. The van der Waals surface area contributed by atoms with Gasteiger partial charge in [-0.1, -0.05) is 52.9 Å². The maximum Gasteiger partial charge on any atom is 0.326 e. The lowest BCUT2D eigenvalue weighted by atomic mass is 9.88. The molecule has 0 aromatic carbocycles. The largest absolute Gasteiger partial charge is 0.464 e. The predicted octanol–water partition coefficient (Wildman–Crippen LogP) is 3.41. The van der Waals surface area contributed by atoms with E-state index in [-0.39, 0.29) is 5.97 Å². The molecule has 0 aliphatic heterocycles. The first kappa shape index (κ1) is 16.4. The number of ether oxygens (including phenoxy) is 1. The second-order valence-corrected chi connectivity index (χ2v) is 4.85. The van der Waals surface area contributed by atoms with Crippen LogP contribution in [0.1, 0.15) is 72.1 Å². The van der Waals surface area contributed by atoms with E-state index in [0.29, 0.717) is 6.61 Å². The van der Waals surface area contributed by atoms with Crippen molar-refractivity contribution in [1.82, 2.24) is 0 Å². The Hall–Kier alpha value is -0.570. The second-order valence-electron chi connectivity index (χ2n) is 4.85. The fraction of sp³-hybridized carbons (Fsp3) is 0.929. The molecule has 0 saturated heterocycles. The standard InChI is InChI=1S/C14H29NO2/c1-4-7-10-14(15,11-8-5-2)13(16)17-12-9-6-3/h4-12,15H2,1-3H3. The highest BCUT2D eigenvalue weighted by Gasteiger charge is 2.34. The predicted molar refractivity (Wildman–Crippen MR) is 71.8 cm³/mol. The van der Waals surface area contributed by atoms with Gasteiger partial charge in [-0.25, -0.2) is 0 Å². The van der Waals surface area contributed by atoms with Crippen LogP contribution < -0.4 is 5.73 Å². The molecule has 0 amide bonds. The van der Waals surface area contributed by atoms with Crippen LogP contribution in [0, 0.1) is 0 Å². The van der Waals surface area contributed by atoms with Gasteiger partial charge < -0.3 is 10.5 Å². The molecule has 0 spiro atoms. The van der Waals surface area contributed by atoms with Crippen LogP contribution in [0.4, 0.5) is 0 Å². The van der Waals surface area contributed by atoms with Crippen molar-refractivity contribution in [1.29, 1.82) is 0 Å². The molecule has 2 N–H and O–H groups in total. The molecule has 0 unspecified atom stereocenters. The highest BCUT2D eigenvalue weighted by molar-refractivity contribution is 5.80. The van der Waals surface area contributed by atoms with Crippen molar-refractivity contribution in [3.8, 4) is 0 Å². The van der Waals surface area contributed by atoms with Gasteiger partial charge in [-0.05, 0) is 19.3 Å². The van der Waals surface area contributed by atoms with Gasteiger partial charge in [-0.3, -0.25) is 4.79 Å². The van der Waals surface area contributed by atoms with E-state index in [1.165, 1.54) is 0 Å². The maximum absolute atomic E-state index is 12.0. The third-order valence-corrected chi connectivity index (χ3v) is 3.09. The first-order chi connectivity index (χ1) is 8.10. The Labute approximate surface area is 106 Å². The van der Waals surface area contributed by atoms with Gasteiger partial charge in [0.05, 0.1) is 6.61 Å². The lowest BCUT2D eigenvalue weighted by molar-refractivity contribution is -0.151. The van der Waals surface area contributed by atoms with Gasteiger partial charge in [0.25, 0.3) is 0 Å². The van der Waals surface area contributed by atoms with E-state index >= 15 is 0 Å². The van der Waals surface area contributed by atoms with Gasteiger partial charge in [0.2, 0.25) is 0 Å². The molecule has 3 nitrogen and oxygen atoms in total. The maximum atomic E-state index is 12.0. The number of unbranched alkanes of at least 4 members (excludes halogenated alkanes) is 3. The van der Waals surface area contributed by atoms with E-state index in [2.05, 4.69) is 20.8 Å². The minimum Gasteiger partial charge on any atom is -0.464 e. The zero-order valence-electron chi connectivity index (χ0n) is 11.8. The fourth-order valence-corrected chi connectivity index (χ4v) is 1.77. The minimum absolute atomic E-state index is 0.201. The van der Waals surface area contributed by atoms with Crippen LogP contribution in [0.3, 0.4) is 0 Å². The smallest absolute Gasteiger partial charge is 0.326 e. The summed E-state index contributed by atoms with van der Waals surface area (Å²) in [5.74, 6) is -0.201. The number of esters is 1. The van der Waals surface area contributed by atoms with E-state index in [4.69, 9.17) is 10.5 Å². The summed E-state index contributed by atoms with van der Waals surface area (Å²) >= 11 is 0. The molecule has 0 heterocycles. The molecule has 0 aliphatic rings. The molecule has 0 rings (SSSR count). The van der Waals surface area contributed by atoms with Crippen LogP contribution in [0.2, 0.25) is 0 Å². The lowest BCUT2D eigenvalue weighted by Gasteiger charge is -2.27. The molecule has 0 aromatic rings. The zero-order valence-corrected chi connectivity index (χ0v) is 11.8. The summed E-state index contributed by atoms with van der Waals surface area (Å²) in [5, 5.41) is 0. The van der Waals surface area contributed by atoms with E-state index in [1.54, 1.807) is 0 Å². The summed E-state index contributed by atoms with van der Waals surface area (Å²) in [6.45, 7) is 6.82. The van der Waals surface area contributed by atoms with E-state index in [1.807, 2.05) is 0 Å². The lowest BCUT2D eigenvalue weighted by Crippen LogP contribution is -2.49. The molecule has 0 bridgehead atoms. The molecule has 0 aromatic heterocycles. The van der Waals surface area contributed by atoms with Gasteiger partial charge in [0.15, 0.2) is 0 Å². The van der Waals surface area contributed by atoms with Crippen molar-refractivity contribution in [3.05, 3.63) is 0 Å². The van der Waals surface area contributed by atoms with E-state index < -0.39 is 5.54 Å². The number of nitrogens with two attached hydrogens (primary N) is 1. The van der Waals surface area contributed by atoms with Crippen LogP contribution >= 0.6 is 0 Å². The minimum atomic E-state index is -0.750. The highest BCUT2D eigenvalue weighted by Crippen LogP contribution is 2.20. The van der Waals surface area contributed by atoms with Crippen LogP contribution in [0.25, 0.3) is 0 Å². The number of carbonyl (C=O) groups excluding carboxylic acids is 1. The summed E-state index contributed by atoms with van der Waals surface area (Å²) in [4.78, 5) is 12.0. The molecular weight excluding hydrogens is 214 g/mol. The third kappa shape index (κ3) is 6.67. The Morgan fingerprint density at radius 3 is 1.88 bits per heavy atom. The van der Waals surface area contributed by atoms with E-state index in [0.717, 1.165) is 51.4 Å². The van der Waals surface area contributed by atoms with Gasteiger partial charge in [-0.2, -0.15) is 0 Å². The zero-order chi connectivity index (χ0) is 13.1. The molecule has 0 saturated carbocycles. The molecule has 0 atom stereocenters. The Morgan fingerprint density at radius 1 is 1.00 bits per heavy atom. The van der Waals surface area contributed by atoms with Crippen molar-refractivity contribution in [2.45, 2.75) is 77.7 Å². The molecular formula is C14H29NO2. The monoisotopic (exact) mass is 243 g/mol. The molecule has 102 valence electrons. The molecule has 0 fully saturated rings. The molecule has 0 aliphatic carbocycles. The molecule has 3 heteroatoms. The first-order valence-corrected chi connectivity index (χ1v) is 7.06. The van der Waals surface area contributed by atoms with Gasteiger partial charge >= 0.3 is 5.97 Å². The van der Waals surface area contributed by atoms with Crippen molar-refractivity contribution < 1.29 is 9.53 Å². The first-order valence-electron chi connectivity index (χ1n) is 7.06. The Kier molecular flexibility index (Phi) is 9.14. The number of hydrogen-bond donors (Lipinski definition) is 1. The Balaban J connectivity index is 4.26. The van der Waals surface area contributed by atoms with E-state index in [9.17, 15) is 4.79 Å². The summed E-state index contributed by atoms with van der Waals surface area (Å²) in [6.07, 6.45) is 7.55. The van der Waals surface area contributed by atoms with Crippen LogP contribution in [-0.4, -0.2) is 18.1 Å². The van der Waals surface area contributed by atoms with Crippen molar-refractivity contribution in [2.24, 2.45) is 5.73 Å². The van der Waals surface area contributed by atoms with Crippen molar-refractivity contribution in [3.63, 3.8) is 0 Å². The summed E-state index contributed by atoms with van der Waals surface area (Å²) < 4.78 is 5.28. The normalized spacial score (nSPS) is 11.5. The van der Waals surface area contributed by atoms with Crippen molar-refractivity contribution in [2.75, 3.05) is 6.61 Å². The fourth-order valence-electron chi connectivity index (χ4n) is 1.77. The third-order valence-electron chi connectivity index (χ3n) is 3.09. The topological polar surface area (TPSA) is 52.3 Å². The average molecular weight is 243 g/mol. The average Bonchev–Trinajstić information content (AvgIpc) is 2.34. The number of carbonyl (C=O) groups is 1. The Bertz CT molecular complexity index is 196. The number of hydrogen-bond acceptors (Lipinski definition) is 3. The van der Waals surface area contributed by atoms with Crippen LogP contribution in [0.15, 0.2) is 0 Å². The number of rotatable bonds is 10. The van der Waals surface area contributed by atoms with Crippen LogP contribution in [-0.2, 0) is 9.53 Å². The summed E-state index contributed by atoms with van der Waals surface area (Å²) in [6, 6.07) is 0. The summed E-state index contributed by atoms with van der Waals surface area (Å²) in [5.41, 5.74) is 5.47. The summed E-state index contributed by atoms with van der Waals surface area (Å²) in [7, 11) is 0. The highest BCUT2D eigenvalue weighted by atomic mass is 16.5. The van der Waals surface area contributed by atoms with Crippen LogP contribution in [0.5, 0.6) is 0 Å². The molecule has 17 heavy (non-hydrogen) atoms. The van der Waals surface area contributed by atoms with Gasteiger partial charge in [0, 0.05) is 0 Å².